The molecular weight excluding hydrogens is 525 g/mol. The molecule has 0 radical (unpaired) electrons. The SMILES string of the molecule is CCCC(CCOCI)Cc1cc(Nc2nc(C)cn3c(-c4cn[nH]c4)cnc23)sn1. The predicted octanol–water partition coefficient (Wildman–Crippen LogP) is 5.39. The fraction of sp³-hybridized carbons (Fsp3) is 0.429. The Bertz CT molecular complexity index is 1110. The molecule has 1 unspecified atom stereocenters. The van der Waals surface area contributed by atoms with E-state index in [1.807, 2.05) is 29.9 Å². The molecule has 0 bridgehead atoms. The van der Waals surface area contributed by atoms with Crippen molar-refractivity contribution < 1.29 is 4.74 Å². The number of aromatic amines is 1. The smallest absolute Gasteiger partial charge is 0.180 e. The molecule has 0 amide bonds. The molecular formula is C21H26IN7OS. The number of alkyl halides is 1. The minimum absolute atomic E-state index is 0.594. The molecule has 164 valence electrons. The highest BCUT2D eigenvalue weighted by molar-refractivity contribution is 14.1. The molecule has 0 fully saturated rings. The number of nitrogens with zero attached hydrogens (tertiary/aromatic N) is 5. The van der Waals surface area contributed by atoms with Crippen molar-refractivity contribution in [1.29, 1.82) is 0 Å². The predicted molar refractivity (Wildman–Crippen MR) is 132 cm³/mol. The van der Waals surface area contributed by atoms with Crippen molar-refractivity contribution in [3.8, 4) is 11.3 Å². The lowest BCUT2D eigenvalue weighted by atomic mass is 9.95. The summed E-state index contributed by atoms with van der Waals surface area (Å²) < 4.78 is 13.0. The molecule has 1 atom stereocenters. The molecule has 31 heavy (non-hydrogen) atoms. The largest absolute Gasteiger partial charge is 0.371 e. The quantitative estimate of drug-likeness (QED) is 0.148. The minimum atomic E-state index is 0.594. The number of nitrogens with one attached hydrogen (secondary N) is 2. The van der Waals surface area contributed by atoms with Gasteiger partial charge in [0.1, 0.15) is 5.00 Å². The Balaban J connectivity index is 1.52. The van der Waals surface area contributed by atoms with Gasteiger partial charge in [0.15, 0.2) is 11.5 Å². The Morgan fingerprint density at radius 2 is 2.23 bits per heavy atom. The molecule has 10 heteroatoms. The number of H-pyrrole nitrogens is 1. The Morgan fingerprint density at radius 1 is 1.32 bits per heavy atom. The van der Waals surface area contributed by atoms with E-state index < -0.39 is 0 Å². The summed E-state index contributed by atoms with van der Waals surface area (Å²) in [5.41, 5.74) is 4.75. The van der Waals surface area contributed by atoms with Crippen LogP contribution < -0.4 is 5.32 Å². The summed E-state index contributed by atoms with van der Waals surface area (Å²) in [5, 5.41) is 11.3. The van der Waals surface area contributed by atoms with Crippen LogP contribution in [0.4, 0.5) is 10.8 Å². The normalized spacial score (nSPS) is 12.5. The van der Waals surface area contributed by atoms with E-state index in [-0.39, 0.29) is 0 Å². The van der Waals surface area contributed by atoms with Crippen LogP contribution in [0.2, 0.25) is 0 Å². The molecule has 0 saturated heterocycles. The second kappa shape index (κ2) is 10.5. The summed E-state index contributed by atoms with van der Waals surface area (Å²) in [6.07, 6.45) is 11.9. The number of aryl methyl sites for hydroxylation is 1. The van der Waals surface area contributed by atoms with Crippen LogP contribution in [0.1, 0.15) is 37.6 Å². The highest BCUT2D eigenvalue weighted by Crippen LogP contribution is 2.28. The van der Waals surface area contributed by atoms with E-state index in [4.69, 9.17) is 4.74 Å². The molecule has 8 nitrogen and oxygen atoms in total. The Kier molecular flexibility index (Phi) is 7.51. The highest BCUT2D eigenvalue weighted by Gasteiger charge is 2.15. The van der Waals surface area contributed by atoms with E-state index in [2.05, 4.69) is 65.4 Å². The monoisotopic (exact) mass is 551 g/mol. The number of ether oxygens (including phenoxy) is 1. The maximum Gasteiger partial charge on any atom is 0.180 e. The summed E-state index contributed by atoms with van der Waals surface area (Å²) in [7, 11) is 0. The average Bonchev–Trinajstić information content (AvgIpc) is 3.49. The number of anilines is 2. The van der Waals surface area contributed by atoms with Crippen molar-refractivity contribution in [2.24, 2.45) is 5.92 Å². The summed E-state index contributed by atoms with van der Waals surface area (Å²) in [6.45, 7) is 5.03. The van der Waals surface area contributed by atoms with E-state index >= 15 is 0 Å². The number of hydrogen-bond acceptors (Lipinski definition) is 7. The van der Waals surface area contributed by atoms with E-state index in [9.17, 15) is 0 Å². The third-order valence-electron chi connectivity index (χ3n) is 5.15. The summed E-state index contributed by atoms with van der Waals surface area (Å²) >= 11 is 3.71. The molecule has 0 saturated carbocycles. The second-order valence-electron chi connectivity index (χ2n) is 7.53. The summed E-state index contributed by atoms with van der Waals surface area (Å²) in [4.78, 5) is 9.28. The minimum Gasteiger partial charge on any atom is -0.371 e. The zero-order valence-corrected chi connectivity index (χ0v) is 20.6. The number of aromatic nitrogens is 6. The molecule has 4 heterocycles. The van der Waals surface area contributed by atoms with Crippen molar-refractivity contribution in [2.75, 3.05) is 16.5 Å². The fourth-order valence-electron chi connectivity index (χ4n) is 3.74. The zero-order chi connectivity index (χ0) is 21.6. The molecule has 2 N–H and O–H groups in total. The fourth-order valence-corrected chi connectivity index (χ4v) is 4.72. The Labute approximate surface area is 199 Å². The molecule has 4 aromatic rings. The first-order valence-electron chi connectivity index (χ1n) is 10.4. The average molecular weight is 551 g/mol. The Hall–Kier alpha value is -2.05. The second-order valence-corrected chi connectivity index (χ2v) is 8.96. The molecule has 0 aliphatic heterocycles. The first-order chi connectivity index (χ1) is 15.2. The van der Waals surface area contributed by atoms with Crippen LogP contribution >= 0.6 is 34.1 Å². The number of hydrogen-bond donors (Lipinski definition) is 2. The van der Waals surface area contributed by atoms with Crippen molar-refractivity contribution in [3.05, 3.63) is 42.2 Å². The maximum absolute atomic E-state index is 5.55. The first kappa shape index (κ1) is 22.2. The van der Waals surface area contributed by atoms with Gasteiger partial charge in [-0.1, -0.05) is 42.4 Å². The van der Waals surface area contributed by atoms with Crippen LogP contribution in [0.5, 0.6) is 0 Å². The van der Waals surface area contributed by atoms with Crippen molar-refractivity contribution in [2.45, 2.75) is 39.5 Å². The van der Waals surface area contributed by atoms with Gasteiger partial charge in [0.2, 0.25) is 0 Å². The van der Waals surface area contributed by atoms with Gasteiger partial charge >= 0.3 is 0 Å². The number of halogens is 1. The van der Waals surface area contributed by atoms with E-state index in [0.717, 1.165) is 63.2 Å². The number of rotatable bonds is 11. The molecule has 4 rings (SSSR count). The van der Waals surface area contributed by atoms with Crippen LogP contribution in [0.15, 0.2) is 30.9 Å². The van der Waals surface area contributed by atoms with Gasteiger partial charge in [-0.15, -0.1) is 0 Å². The van der Waals surface area contributed by atoms with Gasteiger partial charge in [0.05, 0.1) is 34.1 Å². The summed E-state index contributed by atoms with van der Waals surface area (Å²) in [5.74, 6) is 1.32. The maximum atomic E-state index is 5.55. The van der Waals surface area contributed by atoms with Crippen LogP contribution in [0.3, 0.4) is 0 Å². The number of imidazole rings is 1. The van der Waals surface area contributed by atoms with Crippen LogP contribution in [-0.2, 0) is 11.2 Å². The Morgan fingerprint density at radius 3 is 3.00 bits per heavy atom. The van der Waals surface area contributed by atoms with E-state index in [0.29, 0.717) is 5.92 Å². The first-order valence-corrected chi connectivity index (χ1v) is 12.7. The van der Waals surface area contributed by atoms with E-state index in [1.54, 1.807) is 6.20 Å². The molecule has 0 aliphatic carbocycles. The van der Waals surface area contributed by atoms with Gasteiger partial charge in [-0.3, -0.25) is 9.50 Å². The van der Waals surface area contributed by atoms with Gasteiger partial charge in [-0.05, 0) is 43.3 Å². The molecule has 4 aromatic heterocycles. The van der Waals surface area contributed by atoms with Gasteiger partial charge < -0.3 is 10.1 Å². The summed E-state index contributed by atoms with van der Waals surface area (Å²) in [6, 6.07) is 2.13. The zero-order valence-electron chi connectivity index (χ0n) is 17.6. The van der Waals surface area contributed by atoms with Crippen LogP contribution in [0.25, 0.3) is 16.9 Å². The van der Waals surface area contributed by atoms with Gasteiger partial charge in [0, 0.05) is 24.6 Å². The number of fused-ring (bicyclic) bond motifs is 1. The highest BCUT2D eigenvalue weighted by atomic mass is 127. The topological polar surface area (TPSA) is 93.0 Å². The lowest BCUT2D eigenvalue weighted by Gasteiger charge is -2.14. The van der Waals surface area contributed by atoms with Crippen LogP contribution in [-0.4, -0.2) is 40.2 Å². The standard InChI is InChI=1S/C21H26IN7OS/c1-3-4-15(5-6-30-13-22)7-17-8-19(31-28-17)27-20-21-23-11-18(16-9-24-25-10-16)29(21)12-14(2)26-20/h8-12,15H,3-7,13H2,1-2H3,(H,24,25)(H,26,27). The molecule has 0 aliphatic rings. The lowest BCUT2D eigenvalue weighted by Crippen LogP contribution is -2.08. The molecule has 0 spiro atoms. The van der Waals surface area contributed by atoms with E-state index in [1.165, 1.54) is 24.4 Å². The van der Waals surface area contributed by atoms with Crippen molar-refractivity contribution in [3.63, 3.8) is 0 Å². The lowest BCUT2D eigenvalue weighted by molar-refractivity contribution is 0.168. The van der Waals surface area contributed by atoms with Crippen molar-refractivity contribution >= 4 is 50.6 Å². The molecule has 0 aromatic carbocycles. The van der Waals surface area contributed by atoms with Crippen molar-refractivity contribution in [1.82, 2.24) is 28.9 Å². The van der Waals surface area contributed by atoms with Gasteiger partial charge in [-0.2, -0.15) is 9.47 Å². The third kappa shape index (κ3) is 5.42. The van der Waals surface area contributed by atoms with Gasteiger partial charge in [0.25, 0.3) is 0 Å². The third-order valence-corrected chi connectivity index (χ3v) is 6.33. The van der Waals surface area contributed by atoms with Crippen LogP contribution in [0, 0.1) is 12.8 Å². The van der Waals surface area contributed by atoms with Gasteiger partial charge in [-0.25, -0.2) is 9.97 Å².